The molecule has 92 valence electrons. The second kappa shape index (κ2) is 4.45. The molecule has 0 radical (unpaired) electrons. The van der Waals surface area contributed by atoms with Crippen LogP contribution in [0.1, 0.15) is 5.56 Å². The highest BCUT2D eigenvalue weighted by Gasteiger charge is 2.43. The van der Waals surface area contributed by atoms with E-state index in [1.165, 1.54) is 6.08 Å². The second-order valence-electron chi connectivity index (χ2n) is 4.06. The zero-order valence-corrected chi connectivity index (χ0v) is 10.3. The summed E-state index contributed by atoms with van der Waals surface area (Å²) in [5.41, 5.74) is -0.500. The SMILES string of the molecule is C#CC1(c2ccccc2)C=CC=CC1S(=O)(=O)O. The lowest BCUT2D eigenvalue weighted by atomic mass is 9.76. The minimum atomic E-state index is -4.27. The zero-order valence-electron chi connectivity index (χ0n) is 9.52. The maximum absolute atomic E-state index is 11.5. The van der Waals surface area contributed by atoms with Crippen LogP contribution in [0, 0.1) is 12.3 Å². The molecule has 0 fully saturated rings. The largest absolute Gasteiger partial charge is 0.285 e. The summed E-state index contributed by atoms with van der Waals surface area (Å²) in [6.07, 6.45) is 11.8. The van der Waals surface area contributed by atoms with E-state index in [2.05, 4.69) is 5.92 Å². The Hall–Kier alpha value is -1.83. The standard InChI is InChI=1S/C14H12O3S/c1-2-14(12-8-4-3-5-9-12)11-7-6-10-13(14)18(15,16)17/h1,3-11,13H,(H,15,16,17). The number of hydrogen-bond donors (Lipinski definition) is 1. The topological polar surface area (TPSA) is 54.4 Å². The van der Waals surface area contributed by atoms with E-state index in [9.17, 15) is 13.0 Å². The lowest BCUT2D eigenvalue weighted by Crippen LogP contribution is -2.41. The van der Waals surface area contributed by atoms with Crippen LogP contribution < -0.4 is 0 Å². The van der Waals surface area contributed by atoms with Gasteiger partial charge in [-0.1, -0.05) is 60.6 Å². The van der Waals surface area contributed by atoms with E-state index < -0.39 is 20.8 Å². The molecule has 1 aromatic carbocycles. The summed E-state index contributed by atoms with van der Waals surface area (Å²) in [7, 11) is -4.27. The molecule has 0 aliphatic heterocycles. The van der Waals surface area contributed by atoms with Gasteiger partial charge in [0.2, 0.25) is 0 Å². The maximum atomic E-state index is 11.5. The van der Waals surface area contributed by atoms with Crippen molar-refractivity contribution in [3.8, 4) is 12.3 Å². The fourth-order valence-electron chi connectivity index (χ4n) is 2.14. The number of benzene rings is 1. The average molecular weight is 260 g/mol. The van der Waals surface area contributed by atoms with Gasteiger partial charge in [0.25, 0.3) is 10.1 Å². The predicted molar refractivity (Wildman–Crippen MR) is 70.6 cm³/mol. The fourth-order valence-corrected chi connectivity index (χ4v) is 3.18. The molecule has 1 N–H and O–H groups in total. The van der Waals surface area contributed by atoms with E-state index in [-0.39, 0.29) is 0 Å². The third-order valence-corrected chi connectivity index (χ3v) is 4.19. The van der Waals surface area contributed by atoms with Crippen molar-refractivity contribution in [2.24, 2.45) is 0 Å². The Labute approximate surface area is 107 Å². The van der Waals surface area contributed by atoms with Gasteiger partial charge < -0.3 is 0 Å². The molecule has 0 saturated heterocycles. The lowest BCUT2D eigenvalue weighted by molar-refractivity contribution is 0.461. The van der Waals surface area contributed by atoms with Crippen LogP contribution in [-0.2, 0) is 15.5 Å². The average Bonchev–Trinajstić information content (AvgIpc) is 2.38. The van der Waals surface area contributed by atoms with Crippen molar-refractivity contribution in [2.45, 2.75) is 10.7 Å². The van der Waals surface area contributed by atoms with Crippen molar-refractivity contribution in [3.05, 3.63) is 60.2 Å². The van der Waals surface area contributed by atoms with Crippen molar-refractivity contribution in [2.75, 3.05) is 0 Å². The number of terminal acetylenes is 1. The second-order valence-corrected chi connectivity index (χ2v) is 5.60. The normalized spacial score (nSPS) is 26.8. The first-order valence-corrected chi connectivity index (χ1v) is 6.86. The highest BCUT2D eigenvalue weighted by Crippen LogP contribution is 2.35. The predicted octanol–water partition coefficient (Wildman–Crippen LogP) is 1.94. The Morgan fingerprint density at radius 2 is 1.89 bits per heavy atom. The highest BCUT2D eigenvalue weighted by atomic mass is 32.2. The molecule has 1 aliphatic rings. The lowest BCUT2D eigenvalue weighted by Gasteiger charge is -2.32. The number of rotatable bonds is 2. The summed E-state index contributed by atoms with van der Waals surface area (Å²) in [6.45, 7) is 0. The summed E-state index contributed by atoms with van der Waals surface area (Å²) in [5, 5.41) is -1.16. The van der Waals surface area contributed by atoms with E-state index >= 15 is 0 Å². The van der Waals surface area contributed by atoms with Gasteiger partial charge in [-0.3, -0.25) is 4.55 Å². The molecule has 2 rings (SSSR count). The molecule has 3 nitrogen and oxygen atoms in total. The Kier molecular flexibility index (Phi) is 3.12. The van der Waals surface area contributed by atoms with Crippen molar-refractivity contribution in [1.29, 1.82) is 0 Å². The van der Waals surface area contributed by atoms with Crippen LogP contribution in [0.25, 0.3) is 0 Å². The molecule has 0 bridgehead atoms. The molecular formula is C14H12O3S. The van der Waals surface area contributed by atoms with Crippen LogP contribution in [0.5, 0.6) is 0 Å². The molecule has 0 saturated carbocycles. The fraction of sp³-hybridized carbons (Fsp3) is 0.143. The van der Waals surface area contributed by atoms with Crippen LogP contribution in [0.3, 0.4) is 0 Å². The maximum Gasteiger partial charge on any atom is 0.273 e. The van der Waals surface area contributed by atoms with Crippen LogP contribution in [0.2, 0.25) is 0 Å². The van der Waals surface area contributed by atoms with Gasteiger partial charge in [-0.25, -0.2) is 0 Å². The van der Waals surface area contributed by atoms with Crippen LogP contribution in [0.4, 0.5) is 0 Å². The first-order chi connectivity index (χ1) is 8.50. The van der Waals surface area contributed by atoms with Crippen molar-refractivity contribution >= 4 is 10.1 Å². The van der Waals surface area contributed by atoms with Gasteiger partial charge in [-0.15, -0.1) is 6.42 Å². The van der Waals surface area contributed by atoms with Gasteiger partial charge in [-0.2, -0.15) is 8.42 Å². The van der Waals surface area contributed by atoms with E-state index in [4.69, 9.17) is 6.42 Å². The van der Waals surface area contributed by atoms with Crippen LogP contribution in [0.15, 0.2) is 54.6 Å². The van der Waals surface area contributed by atoms with Gasteiger partial charge >= 0.3 is 0 Å². The summed E-state index contributed by atoms with van der Waals surface area (Å²) in [4.78, 5) is 0. The monoisotopic (exact) mass is 260 g/mol. The quantitative estimate of drug-likeness (QED) is 0.653. The third-order valence-electron chi connectivity index (χ3n) is 3.02. The Bertz CT molecular complexity index is 635. The molecule has 2 unspecified atom stereocenters. The smallest absolute Gasteiger partial charge is 0.273 e. The summed E-state index contributed by atoms with van der Waals surface area (Å²) in [6, 6.07) is 8.88. The van der Waals surface area contributed by atoms with E-state index in [0.29, 0.717) is 5.56 Å². The van der Waals surface area contributed by atoms with Gasteiger partial charge in [0.05, 0.1) is 5.41 Å². The van der Waals surface area contributed by atoms with E-state index in [1.807, 2.05) is 6.07 Å². The molecular weight excluding hydrogens is 248 g/mol. The molecule has 0 spiro atoms. The number of allylic oxidation sites excluding steroid dienone is 3. The Balaban J connectivity index is 2.66. The Morgan fingerprint density at radius 3 is 2.44 bits per heavy atom. The van der Waals surface area contributed by atoms with Gasteiger partial charge in [0.15, 0.2) is 0 Å². The van der Waals surface area contributed by atoms with Gasteiger partial charge in [0.1, 0.15) is 5.25 Å². The molecule has 2 atom stereocenters. The molecule has 0 heterocycles. The zero-order chi connectivity index (χ0) is 13.2. The molecule has 1 aliphatic carbocycles. The van der Waals surface area contributed by atoms with Crippen LogP contribution >= 0.6 is 0 Å². The summed E-state index contributed by atoms with van der Waals surface area (Å²) in [5.74, 6) is 2.51. The minimum absolute atomic E-state index is 0.663. The first-order valence-electron chi connectivity index (χ1n) is 5.36. The Morgan fingerprint density at radius 1 is 1.22 bits per heavy atom. The van der Waals surface area contributed by atoms with Gasteiger partial charge in [-0.05, 0) is 5.56 Å². The molecule has 4 heteroatoms. The van der Waals surface area contributed by atoms with E-state index in [0.717, 1.165) is 0 Å². The molecule has 0 aromatic heterocycles. The van der Waals surface area contributed by atoms with Crippen LogP contribution in [-0.4, -0.2) is 18.2 Å². The number of hydrogen-bond acceptors (Lipinski definition) is 2. The van der Waals surface area contributed by atoms with Crippen molar-refractivity contribution in [3.63, 3.8) is 0 Å². The third kappa shape index (κ3) is 1.99. The van der Waals surface area contributed by atoms with Crippen molar-refractivity contribution in [1.82, 2.24) is 0 Å². The minimum Gasteiger partial charge on any atom is -0.285 e. The molecule has 1 aromatic rings. The molecule has 18 heavy (non-hydrogen) atoms. The summed E-state index contributed by atoms with van der Waals surface area (Å²) >= 11 is 0. The highest BCUT2D eigenvalue weighted by molar-refractivity contribution is 7.86. The first kappa shape index (κ1) is 12.6. The van der Waals surface area contributed by atoms with Gasteiger partial charge in [0, 0.05) is 0 Å². The van der Waals surface area contributed by atoms with E-state index in [1.54, 1.807) is 42.5 Å². The summed E-state index contributed by atoms with van der Waals surface area (Å²) < 4.78 is 32.4. The molecule has 0 amide bonds. The van der Waals surface area contributed by atoms with Crippen molar-refractivity contribution < 1.29 is 13.0 Å².